The third kappa shape index (κ3) is 4.38. The average molecular weight is 442 g/mol. The van der Waals surface area contributed by atoms with Crippen LogP contribution in [0.3, 0.4) is 0 Å². The van der Waals surface area contributed by atoms with Gasteiger partial charge in [-0.05, 0) is 63.4 Å². The minimum Gasteiger partial charge on any atom is -0.336 e. The minimum absolute atomic E-state index is 0.123. The molecule has 0 aliphatic heterocycles. The number of hydrogen-bond acceptors (Lipinski definition) is 4. The lowest BCUT2D eigenvalue weighted by Gasteiger charge is -2.19. The first-order chi connectivity index (χ1) is 15.8. The molecule has 0 N–H and O–H groups in total. The zero-order valence-corrected chi connectivity index (χ0v) is 20.3. The molecular weight excluding hydrogens is 410 g/mol. The number of hydrogen-bond donors (Lipinski definition) is 0. The lowest BCUT2D eigenvalue weighted by Crippen LogP contribution is -2.28. The molecule has 4 rings (SSSR count). The summed E-state index contributed by atoms with van der Waals surface area (Å²) in [4.78, 5) is 25.1. The van der Waals surface area contributed by atoms with Crippen molar-refractivity contribution in [2.24, 2.45) is 0 Å². The molecule has 4 aromatic rings. The van der Waals surface area contributed by atoms with Crippen LogP contribution in [-0.4, -0.2) is 37.6 Å². The van der Waals surface area contributed by atoms with Crippen LogP contribution in [0.1, 0.15) is 52.3 Å². The molecule has 0 aliphatic carbocycles. The molecule has 0 aliphatic rings. The molecule has 0 fully saturated rings. The fourth-order valence-corrected chi connectivity index (χ4v) is 4.12. The highest BCUT2D eigenvalue weighted by molar-refractivity contribution is 6.05. The Morgan fingerprint density at radius 2 is 1.82 bits per heavy atom. The number of nitrogens with zero attached hydrogens (tertiary/aromatic N) is 5. The summed E-state index contributed by atoms with van der Waals surface area (Å²) in [5.74, 6) is 0.466. The van der Waals surface area contributed by atoms with Crippen LogP contribution in [0.4, 0.5) is 0 Å². The number of aromatic nitrogens is 4. The van der Waals surface area contributed by atoms with Gasteiger partial charge >= 0.3 is 0 Å². The van der Waals surface area contributed by atoms with E-state index >= 15 is 0 Å². The third-order valence-corrected chi connectivity index (χ3v) is 6.26. The first-order valence-corrected chi connectivity index (χ1v) is 11.5. The maximum absolute atomic E-state index is 13.7. The van der Waals surface area contributed by atoms with E-state index < -0.39 is 0 Å². The van der Waals surface area contributed by atoms with Gasteiger partial charge in [-0.2, -0.15) is 5.10 Å². The van der Waals surface area contributed by atoms with E-state index in [0.29, 0.717) is 18.1 Å². The number of fused-ring (bicyclic) bond motifs is 1. The van der Waals surface area contributed by atoms with Gasteiger partial charge in [-0.15, -0.1) is 0 Å². The molecule has 6 nitrogen and oxygen atoms in total. The summed E-state index contributed by atoms with van der Waals surface area (Å²) in [5, 5.41) is 5.19. The van der Waals surface area contributed by atoms with Crippen LogP contribution < -0.4 is 0 Å². The van der Waals surface area contributed by atoms with Crippen LogP contribution >= 0.6 is 0 Å². The number of carbonyl (C=O) groups is 1. The fourth-order valence-electron chi connectivity index (χ4n) is 4.12. The predicted octanol–water partition coefficient (Wildman–Crippen LogP) is 5.27. The van der Waals surface area contributed by atoms with Gasteiger partial charge in [0.2, 0.25) is 0 Å². The van der Waals surface area contributed by atoms with Crippen molar-refractivity contribution in [3.8, 4) is 11.4 Å². The summed E-state index contributed by atoms with van der Waals surface area (Å²) in [5.41, 5.74) is 7.67. The number of aryl methyl sites for hydroxylation is 4. The van der Waals surface area contributed by atoms with Crippen molar-refractivity contribution in [3.05, 3.63) is 76.2 Å². The van der Waals surface area contributed by atoms with Crippen LogP contribution in [-0.2, 0) is 19.5 Å². The van der Waals surface area contributed by atoms with Crippen LogP contribution in [0.25, 0.3) is 22.3 Å². The zero-order chi connectivity index (χ0) is 23.7. The van der Waals surface area contributed by atoms with E-state index in [1.54, 1.807) is 4.90 Å². The van der Waals surface area contributed by atoms with Crippen molar-refractivity contribution < 1.29 is 4.79 Å². The Balaban J connectivity index is 1.80. The molecule has 0 atom stereocenters. The van der Waals surface area contributed by atoms with Crippen molar-refractivity contribution in [1.29, 1.82) is 0 Å². The highest BCUT2D eigenvalue weighted by Crippen LogP contribution is 2.27. The summed E-state index contributed by atoms with van der Waals surface area (Å²) < 4.78 is 1.94. The standard InChI is InChI=1S/C27H31N5O/c1-7-20-11-10-18(4)22(14-20)26-29-24-12-9-17(3)13-23(24)25(30-26)27(33)31(6)16-21-15-28-32(8-2)19(21)5/h9-15H,7-8,16H2,1-6H3. The normalized spacial score (nSPS) is 11.2. The van der Waals surface area contributed by atoms with Gasteiger partial charge < -0.3 is 4.90 Å². The first kappa shape index (κ1) is 22.6. The van der Waals surface area contributed by atoms with Gasteiger partial charge in [0.15, 0.2) is 5.82 Å². The number of carbonyl (C=O) groups excluding carboxylic acids is 1. The maximum Gasteiger partial charge on any atom is 0.273 e. The molecule has 6 heteroatoms. The molecule has 2 aromatic carbocycles. The molecule has 0 saturated carbocycles. The highest BCUT2D eigenvalue weighted by Gasteiger charge is 2.21. The van der Waals surface area contributed by atoms with Crippen LogP contribution in [0.2, 0.25) is 0 Å². The summed E-state index contributed by atoms with van der Waals surface area (Å²) in [7, 11) is 1.82. The fraction of sp³-hybridized carbons (Fsp3) is 0.333. The summed E-state index contributed by atoms with van der Waals surface area (Å²) in [6, 6.07) is 12.3. The summed E-state index contributed by atoms with van der Waals surface area (Å²) >= 11 is 0. The van der Waals surface area contributed by atoms with Crippen molar-refractivity contribution in [2.75, 3.05) is 7.05 Å². The second kappa shape index (κ2) is 9.14. The van der Waals surface area contributed by atoms with Crippen molar-refractivity contribution in [1.82, 2.24) is 24.6 Å². The Kier molecular flexibility index (Phi) is 6.27. The van der Waals surface area contributed by atoms with E-state index in [4.69, 9.17) is 9.97 Å². The molecule has 0 saturated heterocycles. The van der Waals surface area contributed by atoms with E-state index in [0.717, 1.165) is 51.8 Å². The molecule has 0 bridgehead atoms. The van der Waals surface area contributed by atoms with Crippen molar-refractivity contribution in [3.63, 3.8) is 0 Å². The van der Waals surface area contributed by atoms with Gasteiger partial charge in [-0.25, -0.2) is 9.97 Å². The van der Waals surface area contributed by atoms with Gasteiger partial charge in [0.05, 0.1) is 11.7 Å². The van der Waals surface area contributed by atoms with Gasteiger partial charge in [-0.1, -0.05) is 30.7 Å². The van der Waals surface area contributed by atoms with Crippen LogP contribution in [0, 0.1) is 20.8 Å². The first-order valence-electron chi connectivity index (χ1n) is 11.5. The molecule has 2 heterocycles. The average Bonchev–Trinajstić information content (AvgIpc) is 3.17. The second-order valence-electron chi connectivity index (χ2n) is 8.65. The topological polar surface area (TPSA) is 63.9 Å². The smallest absolute Gasteiger partial charge is 0.273 e. The van der Waals surface area contributed by atoms with E-state index in [9.17, 15) is 4.79 Å². The van der Waals surface area contributed by atoms with E-state index in [2.05, 4.69) is 44.1 Å². The zero-order valence-electron chi connectivity index (χ0n) is 20.3. The lowest BCUT2D eigenvalue weighted by molar-refractivity contribution is 0.0781. The van der Waals surface area contributed by atoms with Gasteiger partial charge in [-0.3, -0.25) is 9.48 Å². The Hall–Kier alpha value is -3.54. The van der Waals surface area contributed by atoms with Crippen molar-refractivity contribution in [2.45, 2.75) is 54.1 Å². The van der Waals surface area contributed by atoms with E-state index in [1.807, 2.05) is 50.0 Å². The van der Waals surface area contributed by atoms with Gasteiger partial charge in [0.1, 0.15) is 5.69 Å². The Bertz CT molecular complexity index is 1340. The van der Waals surface area contributed by atoms with Crippen LogP contribution in [0.5, 0.6) is 0 Å². The monoisotopic (exact) mass is 441 g/mol. The Morgan fingerprint density at radius 3 is 2.52 bits per heavy atom. The Morgan fingerprint density at radius 1 is 1.03 bits per heavy atom. The van der Waals surface area contributed by atoms with Gasteiger partial charge in [0.25, 0.3) is 5.91 Å². The molecule has 170 valence electrons. The summed E-state index contributed by atoms with van der Waals surface area (Å²) in [6.07, 6.45) is 2.77. The van der Waals surface area contributed by atoms with Gasteiger partial charge in [0, 0.05) is 42.3 Å². The van der Waals surface area contributed by atoms with Crippen molar-refractivity contribution >= 4 is 16.8 Å². The molecule has 0 spiro atoms. The largest absolute Gasteiger partial charge is 0.336 e. The predicted molar refractivity (Wildman–Crippen MR) is 132 cm³/mol. The lowest BCUT2D eigenvalue weighted by atomic mass is 10.0. The molecular formula is C27H31N5O. The quantitative estimate of drug-likeness (QED) is 0.409. The number of benzene rings is 2. The minimum atomic E-state index is -0.123. The molecule has 1 amide bonds. The Labute approximate surface area is 195 Å². The molecule has 2 aromatic heterocycles. The van der Waals surface area contributed by atoms with E-state index in [1.165, 1.54) is 5.56 Å². The van der Waals surface area contributed by atoms with E-state index in [-0.39, 0.29) is 5.91 Å². The third-order valence-electron chi connectivity index (χ3n) is 6.26. The molecule has 0 radical (unpaired) electrons. The maximum atomic E-state index is 13.7. The molecule has 33 heavy (non-hydrogen) atoms. The summed E-state index contributed by atoms with van der Waals surface area (Å²) in [6.45, 7) is 11.6. The SMILES string of the molecule is CCc1ccc(C)c(-c2nc(C(=O)N(C)Cc3cnn(CC)c3C)c3cc(C)ccc3n2)c1. The number of rotatable bonds is 6. The van der Waals surface area contributed by atoms with Crippen LogP contribution in [0.15, 0.2) is 42.6 Å². The highest BCUT2D eigenvalue weighted by atomic mass is 16.2. The second-order valence-corrected chi connectivity index (χ2v) is 8.65. The molecule has 0 unspecified atom stereocenters. The number of amides is 1.